The van der Waals surface area contributed by atoms with Gasteiger partial charge in [0, 0.05) is 19.0 Å². The van der Waals surface area contributed by atoms with Gasteiger partial charge in [0.25, 0.3) is 0 Å². The van der Waals surface area contributed by atoms with Gasteiger partial charge in [-0.05, 0) is 19.3 Å². The Kier molecular flexibility index (Phi) is 5.32. The molecule has 6 nitrogen and oxygen atoms in total. The summed E-state index contributed by atoms with van der Waals surface area (Å²) in [6, 6.07) is 0.0302. The van der Waals surface area contributed by atoms with Crippen LogP contribution in [0.3, 0.4) is 0 Å². The largest absolute Gasteiger partial charge is 0.481 e. The first kappa shape index (κ1) is 15.5. The molecule has 19 heavy (non-hydrogen) atoms. The van der Waals surface area contributed by atoms with Gasteiger partial charge in [-0.3, -0.25) is 14.4 Å². The molecule has 6 heteroatoms. The van der Waals surface area contributed by atoms with E-state index >= 15 is 0 Å². The molecule has 0 saturated carbocycles. The van der Waals surface area contributed by atoms with Gasteiger partial charge in [0.2, 0.25) is 11.8 Å². The van der Waals surface area contributed by atoms with E-state index in [9.17, 15) is 14.4 Å². The molecule has 0 aromatic heterocycles. The summed E-state index contributed by atoms with van der Waals surface area (Å²) in [6.45, 7) is 5.97. The molecule has 0 aliphatic carbocycles. The highest BCUT2D eigenvalue weighted by Crippen LogP contribution is 2.17. The summed E-state index contributed by atoms with van der Waals surface area (Å²) in [4.78, 5) is 35.7. The number of carbonyl (C=O) groups is 3. The number of hydrogen-bond donors (Lipinski definition) is 2. The van der Waals surface area contributed by atoms with Gasteiger partial charge < -0.3 is 15.3 Å². The Bertz CT molecular complexity index is 368. The molecule has 0 bridgehead atoms. The predicted octanol–water partition coefficient (Wildman–Crippen LogP) is 0.470. The quantitative estimate of drug-likeness (QED) is 0.760. The van der Waals surface area contributed by atoms with Crippen LogP contribution in [-0.4, -0.2) is 46.9 Å². The van der Waals surface area contributed by atoms with Crippen LogP contribution in [-0.2, 0) is 14.4 Å². The molecular weight excluding hydrogens is 248 g/mol. The zero-order valence-corrected chi connectivity index (χ0v) is 11.7. The summed E-state index contributed by atoms with van der Waals surface area (Å²) < 4.78 is 0. The average molecular weight is 270 g/mol. The molecule has 1 saturated heterocycles. The molecule has 2 atom stereocenters. The van der Waals surface area contributed by atoms with E-state index in [2.05, 4.69) is 5.32 Å². The zero-order chi connectivity index (χ0) is 14.6. The fourth-order valence-electron chi connectivity index (χ4n) is 1.91. The molecule has 2 N–H and O–H groups in total. The van der Waals surface area contributed by atoms with E-state index in [1.807, 2.05) is 20.8 Å². The lowest BCUT2D eigenvalue weighted by atomic mass is 9.98. The van der Waals surface area contributed by atoms with Crippen LogP contribution in [0.25, 0.3) is 0 Å². The Morgan fingerprint density at radius 3 is 2.58 bits per heavy atom. The number of likely N-dealkylation sites (tertiary alicyclic amines) is 1. The maximum atomic E-state index is 11.8. The molecule has 0 spiro atoms. The van der Waals surface area contributed by atoms with E-state index in [-0.39, 0.29) is 37.4 Å². The van der Waals surface area contributed by atoms with Crippen molar-refractivity contribution in [2.24, 2.45) is 11.8 Å². The van der Waals surface area contributed by atoms with E-state index in [0.717, 1.165) is 0 Å². The SMILES string of the molecule is CC(C)C(C)NC(=O)CN1CC(C(=O)O)CCC1=O. The van der Waals surface area contributed by atoms with Crippen LogP contribution in [0.5, 0.6) is 0 Å². The number of carbonyl (C=O) groups excluding carboxylic acids is 2. The molecule has 0 aromatic rings. The highest BCUT2D eigenvalue weighted by molar-refractivity contribution is 5.86. The number of nitrogens with one attached hydrogen (secondary N) is 1. The number of carboxylic acid groups (broad SMARTS) is 1. The molecule has 1 rings (SSSR count). The topological polar surface area (TPSA) is 86.7 Å². The summed E-state index contributed by atoms with van der Waals surface area (Å²) in [6.07, 6.45) is 0.554. The normalized spacial score (nSPS) is 21.4. The van der Waals surface area contributed by atoms with Crippen molar-refractivity contribution in [2.75, 3.05) is 13.1 Å². The summed E-state index contributed by atoms with van der Waals surface area (Å²) in [5.41, 5.74) is 0. The van der Waals surface area contributed by atoms with Gasteiger partial charge in [-0.15, -0.1) is 0 Å². The minimum atomic E-state index is -0.909. The number of rotatable bonds is 5. The number of nitrogens with zero attached hydrogens (tertiary/aromatic N) is 1. The van der Waals surface area contributed by atoms with Crippen molar-refractivity contribution >= 4 is 17.8 Å². The first-order valence-corrected chi connectivity index (χ1v) is 6.61. The number of hydrogen-bond acceptors (Lipinski definition) is 3. The first-order valence-electron chi connectivity index (χ1n) is 6.61. The van der Waals surface area contributed by atoms with Crippen molar-refractivity contribution in [3.05, 3.63) is 0 Å². The average Bonchev–Trinajstić information content (AvgIpc) is 2.31. The highest BCUT2D eigenvalue weighted by Gasteiger charge is 2.31. The third-order valence-electron chi connectivity index (χ3n) is 3.57. The van der Waals surface area contributed by atoms with Crippen molar-refractivity contribution in [2.45, 2.75) is 39.7 Å². The second-order valence-corrected chi connectivity index (χ2v) is 5.45. The molecular formula is C13H22N2O4. The minimum absolute atomic E-state index is 0.0302. The second kappa shape index (κ2) is 6.54. The van der Waals surface area contributed by atoms with Crippen LogP contribution in [0, 0.1) is 11.8 Å². The van der Waals surface area contributed by atoms with E-state index in [0.29, 0.717) is 12.3 Å². The zero-order valence-electron chi connectivity index (χ0n) is 11.7. The van der Waals surface area contributed by atoms with Crippen LogP contribution in [0.1, 0.15) is 33.6 Å². The molecule has 1 aliphatic heterocycles. The Morgan fingerprint density at radius 2 is 2.05 bits per heavy atom. The summed E-state index contributed by atoms with van der Waals surface area (Å²) in [5, 5.41) is 11.8. The molecule has 0 aromatic carbocycles. The Labute approximate surface area is 113 Å². The fraction of sp³-hybridized carbons (Fsp3) is 0.769. The van der Waals surface area contributed by atoms with Crippen LogP contribution in [0.4, 0.5) is 0 Å². The van der Waals surface area contributed by atoms with Crippen LogP contribution >= 0.6 is 0 Å². The summed E-state index contributed by atoms with van der Waals surface area (Å²) >= 11 is 0. The summed E-state index contributed by atoms with van der Waals surface area (Å²) in [7, 11) is 0. The lowest BCUT2D eigenvalue weighted by Crippen LogP contribution is -2.49. The second-order valence-electron chi connectivity index (χ2n) is 5.45. The maximum absolute atomic E-state index is 11.8. The predicted molar refractivity (Wildman–Crippen MR) is 69.4 cm³/mol. The number of piperidine rings is 1. The monoisotopic (exact) mass is 270 g/mol. The molecule has 1 aliphatic rings. The lowest BCUT2D eigenvalue weighted by Gasteiger charge is -2.30. The standard InChI is InChI=1S/C13H22N2O4/c1-8(2)9(3)14-11(16)7-15-6-10(13(18)19)4-5-12(15)17/h8-10H,4-7H2,1-3H3,(H,14,16)(H,18,19). The fourth-order valence-corrected chi connectivity index (χ4v) is 1.91. The van der Waals surface area contributed by atoms with Gasteiger partial charge in [0.15, 0.2) is 0 Å². The van der Waals surface area contributed by atoms with Gasteiger partial charge in [-0.1, -0.05) is 13.8 Å². The Morgan fingerprint density at radius 1 is 1.42 bits per heavy atom. The molecule has 1 fully saturated rings. The Balaban J connectivity index is 2.52. The van der Waals surface area contributed by atoms with E-state index in [1.54, 1.807) is 0 Å². The third kappa shape index (κ3) is 4.54. The van der Waals surface area contributed by atoms with Crippen LogP contribution in [0.2, 0.25) is 0 Å². The van der Waals surface area contributed by atoms with E-state index < -0.39 is 11.9 Å². The van der Waals surface area contributed by atoms with Crippen molar-refractivity contribution in [1.82, 2.24) is 10.2 Å². The van der Waals surface area contributed by atoms with Crippen LogP contribution in [0.15, 0.2) is 0 Å². The Hall–Kier alpha value is -1.59. The number of carboxylic acids is 1. The van der Waals surface area contributed by atoms with Gasteiger partial charge in [0.05, 0.1) is 12.5 Å². The summed E-state index contributed by atoms with van der Waals surface area (Å²) in [5.74, 6) is -1.54. The minimum Gasteiger partial charge on any atom is -0.481 e. The smallest absolute Gasteiger partial charge is 0.308 e. The molecule has 1 heterocycles. The molecule has 2 unspecified atom stereocenters. The molecule has 108 valence electrons. The highest BCUT2D eigenvalue weighted by atomic mass is 16.4. The van der Waals surface area contributed by atoms with E-state index in [1.165, 1.54) is 4.90 Å². The number of amides is 2. The van der Waals surface area contributed by atoms with Gasteiger partial charge in [-0.2, -0.15) is 0 Å². The van der Waals surface area contributed by atoms with Crippen molar-refractivity contribution in [1.29, 1.82) is 0 Å². The lowest BCUT2D eigenvalue weighted by molar-refractivity contribution is -0.149. The van der Waals surface area contributed by atoms with Crippen molar-refractivity contribution < 1.29 is 19.5 Å². The molecule has 0 radical (unpaired) electrons. The van der Waals surface area contributed by atoms with Crippen LogP contribution < -0.4 is 5.32 Å². The third-order valence-corrected chi connectivity index (χ3v) is 3.57. The number of aliphatic carboxylic acids is 1. The van der Waals surface area contributed by atoms with Gasteiger partial charge in [-0.25, -0.2) is 0 Å². The first-order chi connectivity index (χ1) is 8.81. The van der Waals surface area contributed by atoms with E-state index in [4.69, 9.17) is 5.11 Å². The van der Waals surface area contributed by atoms with Gasteiger partial charge >= 0.3 is 5.97 Å². The molecule has 2 amide bonds. The maximum Gasteiger partial charge on any atom is 0.308 e. The van der Waals surface area contributed by atoms with Crippen molar-refractivity contribution in [3.8, 4) is 0 Å². The van der Waals surface area contributed by atoms with Crippen molar-refractivity contribution in [3.63, 3.8) is 0 Å². The van der Waals surface area contributed by atoms with Gasteiger partial charge in [0.1, 0.15) is 0 Å².